The smallest absolute Gasteiger partial charge is 0.303 e. The Morgan fingerprint density at radius 2 is 0.925 bits per heavy atom. The molecule has 21 nitrogen and oxygen atoms in total. The first kappa shape index (κ1) is 42.0. The third-order valence-electron chi connectivity index (χ3n) is 7.19. The summed E-state index contributed by atoms with van der Waals surface area (Å²) in [6.07, 6.45) is -16.6. The number of benzene rings is 1. The second kappa shape index (κ2) is 18.9. The average Bonchev–Trinajstić information content (AvgIpc) is 3.03. The molecule has 10 atom stereocenters. The fraction of sp³-hybridized carbons (Fsp3) is 0.594. The van der Waals surface area contributed by atoms with E-state index >= 15 is 0 Å². The molecule has 0 saturated carbocycles. The summed E-state index contributed by atoms with van der Waals surface area (Å²) >= 11 is 0. The zero-order valence-electron chi connectivity index (χ0n) is 29.6. The van der Waals surface area contributed by atoms with Crippen LogP contribution in [0.2, 0.25) is 0 Å². The molecule has 292 valence electrons. The number of hydrogen-bond donors (Lipinski definition) is 0. The number of rotatable bonds is 14. The van der Waals surface area contributed by atoms with E-state index in [0.717, 1.165) is 60.6 Å². The van der Waals surface area contributed by atoms with E-state index < -0.39 is 121 Å². The number of non-ortho nitro benzene ring substituents is 1. The van der Waals surface area contributed by atoms with Crippen LogP contribution in [-0.2, 0) is 80.9 Å². The lowest BCUT2D eigenvalue weighted by Crippen LogP contribution is -2.67. The second-order valence-electron chi connectivity index (χ2n) is 11.5. The van der Waals surface area contributed by atoms with Crippen LogP contribution in [0.4, 0.5) is 5.69 Å². The number of nitrogens with zero attached hydrogens (tertiary/aromatic N) is 1. The van der Waals surface area contributed by atoms with Crippen molar-refractivity contribution in [3.63, 3.8) is 0 Å². The van der Waals surface area contributed by atoms with Gasteiger partial charge in [-0.05, 0) is 12.1 Å². The normalized spacial score (nSPS) is 27.9. The molecule has 2 fully saturated rings. The monoisotopic (exact) mass is 757 g/mol. The number of hydrogen-bond acceptors (Lipinski definition) is 20. The molecule has 1 aromatic rings. The zero-order chi connectivity index (χ0) is 39.6. The first-order chi connectivity index (χ1) is 24.9. The van der Waals surface area contributed by atoms with Crippen LogP contribution in [0.15, 0.2) is 24.3 Å². The van der Waals surface area contributed by atoms with Crippen molar-refractivity contribution in [3.8, 4) is 5.75 Å². The summed E-state index contributed by atoms with van der Waals surface area (Å²) in [5.74, 6) is -6.24. The molecule has 0 amide bonds. The highest BCUT2D eigenvalue weighted by Crippen LogP contribution is 2.36. The fourth-order valence-corrected chi connectivity index (χ4v) is 5.35. The number of carbonyl (C=O) groups is 7. The van der Waals surface area contributed by atoms with Crippen molar-refractivity contribution >= 4 is 47.5 Å². The van der Waals surface area contributed by atoms with E-state index in [9.17, 15) is 43.7 Å². The van der Waals surface area contributed by atoms with E-state index in [4.69, 9.17) is 52.1 Å². The zero-order valence-corrected chi connectivity index (χ0v) is 29.6. The van der Waals surface area contributed by atoms with Gasteiger partial charge in [0.05, 0.1) is 4.92 Å². The van der Waals surface area contributed by atoms with Crippen LogP contribution in [-0.4, -0.2) is 121 Å². The van der Waals surface area contributed by atoms with Crippen molar-refractivity contribution in [2.45, 2.75) is 110 Å². The highest BCUT2D eigenvalue weighted by Gasteiger charge is 2.58. The summed E-state index contributed by atoms with van der Waals surface area (Å²) < 4.78 is 61.9. The Hall–Kier alpha value is -5.41. The Bertz CT molecular complexity index is 1530. The highest BCUT2D eigenvalue weighted by atomic mass is 16.8. The molecule has 0 aromatic heterocycles. The molecule has 2 aliphatic rings. The Balaban J connectivity index is 2.21. The van der Waals surface area contributed by atoms with Gasteiger partial charge in [-0.2, -0.15) is 0 Å². The molecule has 0 aliphatic carbocycles. The molecular weight excluding hydrogens is 718 g/mol. The van der Waals surface area contributed by atoms with E-state index in [1.807, 2.05) is 0 Å². The molecule has 53 heavy (non-hydrogen) atoms. The quantitative estimate of drug-likeness (QED) is 0.109. The van der Waals surface area contributed by atoms with Gasteiger partial charge in [0.1, 0.15) is 37.3 Å². The summed E-state index contributed by atoms with van der Waals surface area (Å²) in [6.45, 7) is 6.01. The fourth-order valence-electron chi connectivity index (χ4n) is 5.35. The Morgan fingerprint density at radius 3 is 1.34 bits per heavy atom. The van der Waals surface area contributed by atoms with Gasteiger partial charge in [-0.1, -0.05) is 0 Å². The second-order valence-corrected chi connectivity index (χ2v) is 11.5. The molecular formula is C32H39NO20. The lowest BCUT2D eigenvalue weighted by Gasteiger charge is -2.48. The van der Waals surface area contributed by atoms with Crippen molar-refractivity contribution < 1.29 is 90.6 Å². The van der Waals surface area contributed by atoms with Gasteiger partial charge in [0.2, 0.25) is 6.29 Å². The molecule has 2 heterocycles. The van der Waals surface area contributed by atoms with Crippen LogP contribution in [0.25, 0.3) is 0 Å². The largest absolute Gasteiger partial charge is 0.463 e. The lowest BCUT2D eigenvalue weighted by atomic mass is 9.96. The van der Waals surface area contributed by atoms with E-state index in [0.29, 0.717) is 0 Å². The molecule has 0 spiro atoms. The highest BCUT2D eigenvalue weighted by molar-refractivity contribution is 5.69. The lowest BCUT2D eigenvalue weighted by molar-refractivity contribution is -0.384. The number of nitro benzene ring substituents is 1. The Morgan fingerprint density at radius 1 is 0.547 bits per heavy atom. The van der Waals surface area contributed by atoms with Crippen LogP contribution in [0, 0.1) is 10.1 Å². The summed E-state index contributed by atoms with van der Waals surface area (Å²) in [4.78, 5) is 96.1. The SMILES string of the molecule is CC(=O)OCC1O[C@@H](OC2C(OC(C)=O)[C@H](Oc3ccc([N+](=O)[O-])cc3)OC(COC(C)=O)[C@@H]2OC(C)=O)C(OC(C)=O)C(OC(C)=O)[C@H]1OC(C)=O. The number of esters is 7. The molecule has 21 heteroatoms. The van der Waals surface area contributed by atoms with Gasteiger partial charge in [-0.25, -0.2) is 0 Å². The van der Waals surface area contributed by atoms with Gasteiger partial charge in [-0.3, -0.25) is 43.7 Å². The minimum absolute atomic E-state index is 0.0408. The third kappa shape index (κ3) is 12.4. The first-order valence-electron chi connectivity index (χ1n) is 15.9. The molecule has 3 rings (SSSR count). The summed E-state index contributed by atoms with van der Waals surface area (Å²) in [5.41, 5.74) is -0.286. The molecule has 0 radical (unpaired) electrons. The molecule has 6 unspecified atom stereocenters. The predicted octanol–water partition coefficient (Wildman–Crippen LogP) is 0.593. The van der Waals surface area contributed by atoms with Crippen molar-refractivity contribution in [1.29, 1.82) is 0 Å². The number of nitro groups is 1. The molecule has 2 saturated heterocycles. The van der Waals surface area contributed by atoms with E-state index in [2.05, 4.69) is 0 Å². The van der Waals surface area contributed by atoms with Crippen molar-refractivity contribution in [2.24, 2.45) is 0 Å². The third-order valence-corrected chi connectivity index (χ3v) is 7.19. The minimum atomic E-state index is -1.88. The summed E-state index contributed by atoms with van der Waals surface area (Å²) in [6, 6.07) is 4.65. The van der Waals surface area contributed by atoms with Gasteiger partial charge >= 0.3 is 41.8 Å². The average molecular weight is 758 g/mol. The van der Waals surface area contributed by atoms with Crippen LogP contribution >= 0.6 is 0 Å². The van der Waals surface area contributed by atoms with Crippen LogP contribution in [0.3, 0.4) is 0 Å². The predicted molar refractivity (Wildman–Crippen MR) is 167 cm³/mol. The van der Waals surface area contributed by atoms with Gasteiger partial charge < -0.3 is 52.1 Å². The first-order valence-corrected chi connectivity index (χ1v) is 15.9. The van der Waals surface area contributed by atoms with Crippen molar-refractivity contribution in [2.75, 3.05) is 13.2 Å². The maximum atomic E-state index is 12.5. The molecule has 0 N–H and O–H groups in total. The van der Waals surface area contributed by atoms with E-state index in [1.165, 1.54) is 12.1 Å². The number of ether oxygens (including phenoxy) is 11. The Labute approximate surface area is 301 Å². The van der Waals surface area contributed by atoms with Crippen molar-refractivity contribution in [1.82, 2.24) is 0 Å². The van der Waals surface area contributed by atoms with Crippen LogP contribution in [0.5, 0.6) is 5.75 Å². The summed E-state index contributed by atoms with van der Waals surface area (Å²) in [7, 11) is 0. The Kier molecular flexibility index (Phi) is 15.0. The molecule has 0 bridgehead atoms. The minimum Gasteiger partial charge on any atom is -0.463 e. The van der Waals surface area contributed by atoms with Crippen LogP contribution in [0.1, 0.15) is 48.5 Å². The van der Waals surface area contributed by atoms with Gasteiger partial charge in [0.15, 0.2) is 36.8 Å². The van der Waals surface area contributed by atoms with Gasteiger partial charge in [-0.15, -0.1) is 0 Å². The van der Waals surface area contributed by atoms with Crippen LogP contribution < -0.4 is 4.74 Å². The maximum absolute atomic E-state index is 12.5. The van der Waals surface area contributed by atoms with Crippen molar-refractivity contribution in [3.05, 3.63) is 34.4 Å². The number of carbonyl (C=O) groups excluding carboxylic acids is 7. The topological polar surface area (TPSA) is 264 Å². The van der Waals surface area contributed by atoms with Gasteiger partial charge in [0.25, 0.3) is 5.69 Å². The molecule has 2 aliphatic heterocycles. The maximum Gasteiger partial charge on any atom is 0.303 e. The van der Waals surface area contributed by atoms with E-state index in [1.54, 1.807) is 0 Å². The molecule has 1 aromatic carbocycles. The standard InChI is InChI=1S/C32H39NO20/c1-14(34)43-12-23-25(45-16(3)36)27(47-18(5)38)29(48-19(6)39)32(52-23)53-28-26(46-17(4)37)24(13-44-15(2)35)51-31(30(28)49-20(7)40)50-22-10-8-21(9-11-22)33(41)42/h8-11,23-32H,12-13H2,1-7H3/t23?,24?,25-,26-,27?,28?,29?,30?,31+,32-/m0/s1. The van der Waals surface area contributed by atoms with E-state index in [-0.39, 0.29) is 11.4 Å². The van der Waals surface area contributed by atoms with Gasteiger partial charge in [0, 0.05) is 60.6 Å². The summed E-state index contributed by atoms with van der Waals surface area (Å²) in [5, 5.41) is 11.2.